The first-order valence-electron chi connectivity index (χ1n) is 8.74. The molecule has 0 bridgehead atoms. The zero-order valence-electron chi connectivity index (χ0n) is 15.4. The molecule has 0 aliphatic heterocycles. The van der Waals surface area contributed by atoms with Gasteiger partial charge in [0.1, 0.15) is 12.3 Å². The molecule has 0 atom stereocenters. The molecule has 0 radical (unpaired) electrons. The molecule has 2 aromatic heterocycles. The van der Waals surface area contributed by atoms with E-state index in [1.54, 1.807) is 30.3 Å². The SMILES string of the molecule is Cc1cccc(NC(=O)Cn2nc3c(Oc4cccc(Cl)c4)nccn3c2=O)c1. The van der Waals surface area contributed by atoms with E-state index in [0.717, 1.165) is 10.2 Å². The number of anilines is 1. The van der Waals surface area contributed by atoms with E-state index in [9.17, 15) is 9.59 Å². The maximum absolute atomic E-state index is 12.6. The van der Waals surface area contributed by atoms with Gasteiger partial charge in [-0.15, -0.1) is 5.10 Å². The van der Waals surface area contributed by atoms with Crippen LogP contribution in [0.1, 0.15) is 5.56 Å². The number of ether oxygens (including phenoxy) is 1. The third-order valence-corrected chi connectivity index (χ3v) is 4.31. The van der Waals surface area contributed by atoms with Gasteiger partial charge in [-0.2, -0.15) is 0 Å². The summed E-state index contributed by atoms with van der Waals surface area (Å²) in [6.07, 6.45) is 2.89. The van der Waals surface area contributed by atoms with Gasteiger partial charge in [-0.25, -0.2) is 18.9 Å². The number of carbonyl (C=O) groups excluding carboxylic acids is 1. The lowest BCUT2D eigenvalue weighted by atomic mass is 10.2. The number of aryl methyl sites for hydroxylation is 1. The van der Waals surface area contributed by atoms with E-state index in [1.165, 1.54) is 16.8 Å². The van der Waals surface area contributed by atoms with E-state index >= 15 is 0 Å². The van der Waals surface area contributed by atoms with Crippen molar-refractivity contribution in [1.29, 1.82) is 0 Å². The summed E-state index contributed by atoms with van der Waals surface area (Å²) in [4.78, 5) is 29.1. The van der Waals surface area contributed by atoms with Crippen LogP contribution in [0.2, 0.25) is 5.02 Å². The Kier molecular flexibility index (Phi) is 5.01. The predicted octanol–water partition coefficient (Wildman–Crippen LogP) is 3.28. The van der Waals surface area contributed by atoms with E-state index in [1.807, 2.05) is 25.1 Å². The fourth-order valence-corrected chi connectivity index (χ4v) is 2.98. The number of hydrogen-bond donors (Lipinski definition) is 1. The number of rotatable bonds is 5. The predicted molar refractivity (Wildman–Crippen MR) is 109 cm³/mol. The minimum atomic E-state index is -0.474. The Balaban J connectivity index is 1.60. The first-order valence-corrected chi connectivity index (χ1v) is 9.11. The van der Waals surface area contributed by atoms with E-state index < -0.39 is 5.69 Å². The minimum Gasteiger partial charge on any atom is -0.436 e. The number of benzene rings is 2. The van der Waals surface area contributed by atoms with Crippen LogP contribution < -0.4 is 15.7 Å². The van der Waals surface area contributed by atoms with Crippen LogP contribution in [0.15, 0.2) is 65.7 Å². The first kappa shape index (κ1) is 18.7. The summed E-state index contributed by atoms with van der Waals surface area (Å²) in [6.45, 7) is 1.68. The largest absolute Gasteiger partial charge is 0.436 e. The molecule has 2 aromatic carbocycles. The Morgan fingerprint density at radius 3 is 2.83 bits per heavy atom. The van der Waals surface area contributed by atoms with Gasteiger partial charge in [0.25, 0.3) is 5.88 Å². The van der Waals surface area contributed by atoms with Crippen LogP contribution in [0, 0.1) is 6.92 Å². The number of carbonyl (C=O) groups is 1. The Morgan fingerprint density at radius 2 is 2.03 bits per heavy atom. The quantitative estimate of drug-likeness (QED) is 0.546. The maximum Gasteiger partial charge on any atom is 0.351 e. The highest BCUT2D eigenvalue weighted by atomic mass is 35.5. The standard InChI is InChI=1S/C20H16ClN5O3/c1-13-4-2-6-15(10-13)23-17(27)12-26-20(28)25-9-8-22-19(18(25)24-26)29-16-7-3-5-14(21)11-16/h2-11H,12H2,1H3,(H,23,27). The molecule has 0 aliphatic carbocycles. The summed E-state index contributed by atoms with van der Waals surface area (Å²) in [7, 11) is 0. The molecule has 0 fully saturated rings. The number of halogens is 1. The second-order valence-corrected chi connectivity index (χ2v) is 6.78. The number of hydrogen-bond acceptors (Lipinski definition) is 5. The van der Waals surface area contributed by atoms with Crippen molar-refractivity contribution in [3.8, 4) is 11.6 Å². The lowest BCUT2D eigenvalue weighted by molar-refractivity contribution is -0.117. The first-order chi connectivity index (χ1) is 14.0. The number of nitrogens with one attached hydrogen (secondary N) is 1. The molecule has 146 valence electrons. The fourth-order valence-electron chi connectivity index (χ4n) is 2.80. The highest BCUT2D eigenvalue weighted by molar-refractivity contribution is 6.30. The molecule has 4 aromatic rings. The third-order valence-electron chi connectivity index (χ3n) is 4.08. The Labute approximate surface area is 170 Å². The fraction of sp³-hybridized carbons (Fsp3) is 0.100. The summed E-state index contributed by atoms with van der Waals surface area (Å²) in [6, 6.07) is 14.2. The van der Waals surface area contributed by atoms with Gasteiger partial charge >= 0.3 is 5.69 Å². The van der Waals surface area contributed by atoms with Gasteiger partial charge in [-0.05, 0) is 42.8 Å². The number of fused-ring (bicyclic) bond motifs is 1. The molecule has 29 heavy (non-hydrogen) atoms. The van der Waals surface area contributed by atoms with Crippen molar-refractivity contribution in [3.63, 3.8) is 0 Å². The number of nitrogens with zero attached hydrogens (tertiary/aromatic N) is 4. The van der Waals surface area contributed by atoms with Gasteiger partial charge in [0.05, 0.1) is 0 Å². The zero-order valence-corrected chi connectivity index (χ0v) is 16.1. The van der Waals surface area contributed by atoms with Crippen LogP contribution in [0.5, 0.6) is 11.6 Å². The van der Waals surface area contributed by atoms with Gasteiger partial charge < -0.3 is 10.1 Å². The van der Waals surface area contributed by atoms with Crippen LogP contribution in [0.4, 0.5) is 5.69 Å². The lowest BCUT2D eigenvalue weighted by Gasteiger charge is -2.05. The average molecular weight is 410 g/mol. The van der Waals surface area contributed by atoms with Crippen LogP contribution >= 0.6 is 11.6 Å². The molecular formula is C20H16ClN5O3. The average Bonchev–Trinajstić information content (AvgIpc) is 2.99. The summed E-state index contributed by atoms with van der Waals surface area (Å²) in [5.74, 6) is 0.216. The van der Waals surface area contributed by atoms with Gasteiger partial charge in [-0.1, -0.05) is 29.8 Å². The van der Waals surface area contributed by atoms with Crippen molar-refractivity contribution in [2.45, 2.75) is 13.5 Å². The van der Waals surface area contributed by atoms with E-state index in [-0.39, 0.29) is 24.0 Å². The monoisotopic (exact) mass is 409 g/mol. The topological polar surface area (TPSA) is 90.5 Å². The molecule has 1 amide bonds. The highest BCUT2D eigenvalue weighted by Gasteiger charge is 2.16. The molecule has 0 spiro atoms. The van der Waals surface area contributed by atoms with E-state index in [0.29, 0.717) is 16.5 Å². The minimum absolute atomic E-state index is 0.129. The van der Waals surface area contributed by atoms with Gasteiger partial charge in [0.2, 0.25) is 11.6 Å². The normalized spacial score (nSPS) is 10.8. The highest BCUT2D eigenvalue weighted by Crippen LogP contribution is 2.24. The molecule has 0 saturated carbocycles. The molecule has 2 heterocycles. The molecule has 4 rings (SSSR count). The number of aromatic nitrogens is 4. The van der Waals surface area contributed by atoms with Crippen molar-refractivity contribution >= 4 is 28.8 Å². The van der Waals surface area contributed by atoms with Crippen LogP contribution in [-0.2, 0) is 11.3 Å². The molecule has 0 saturated heterocycles. The van der Waals surface area contributed by atoms with Crippen molar-refractivity contribution < 1.29 is 9.53 Å². The van der Waals surface area contributed by atoms with E-state index in [4.69, 9.17) is 16.3 Å². The molecule has 9 heteroatoms. The van der Waals surface area contributed by atoms with Crippen molar-refractivity contribution in [2.75, 3.05) is 5.32 Å². The van der Waals surface area contributed by atoms with E-state index in [2.05, 4.69) is 15.4 Å². The molecule has 0 aliphatic rings. The molecular weight excluding hydrogens is 394 g/mol. The molecule has 0 unspecified atom stereocenters. The third kappa shape index (κ3) is 4.12. The van der Waals surface area contributed by atoms with Gasteiger partial charge in [0, 0.05) is 23.1 Å². The second-order valence-electron chi connectivity index (χ2n) is 6.34. The second kappa shape index (κ2) is 7.76. The smallest absolute Gasteiger partial charge is 0.351 e. The van der Waals surface area contributed by atoms with Gasteiger partial charge in [-0.3, -0.25) is 4.79 Å². The number of amides is 1. The van der Waals surface area contributed by atoms with Crippen molar-refractivity contribution in [2.24, 2.45) is 0 Å². The summed E-state index contributed by atoms with van der Waals surface area (Å²) in [5.41, 5.74) is 1.39. The molecule has 1 N–H and O–H groups in total. The van der Waals surface area contributed by atoms with Crippen molar-refractivity contribution in [3.05, 3.63) is 82.0 Å². The van der Waals surface area contributed by atoms with Crippen LogP contribution in [0.3, 0.4) is 0 Å². The summed E-state index contributed by atoms with van der Waals surface area (Å²) >= 11 is 5.97. The Bertz CT molecular complexity index is 1260. The maximum atomic E-state index is 12.6. The summed E-state index contributed by atoms with van der Waals surface area (Å²) in [5, 5.41) is 7.47. The zero-order chi connectivity index (χ0) is 20.4. The Morgan fingerprint density at radius 1 is 1.21 bits per heavy atom. The summed E-state index contributed by atoms with van der Waals surface area (Å²) < 4.78 is 8.06. The lowest BCUT2D eigenvalue weighted by Crippen LogP contribution is -2.28. The van der Waals surface area contributed by atoms with Gasteiger partial charge in [0.15, 0.2) is 0 Å². The molecule has 8 nitrogen and oxygen atoms in total. The van der Waals surface area contributed by atoms with Crippen molar-refractivity contribution in [1.82, 2.24) is 19.2 Å². The van der Waals surface area contributed by atoms with Crippen LogP contribution in [0.25, 0.3) is 5.65 Å². The van der Waals surface area contributed by atoms with Crippen LogP contribution in [-0.4, -0.2) is 25.1 Å². The Hall–Kier alpha value is -3.65.